The van der Waals surface area contributed by atoms with E-state index >= 15 is 0 Å². The van der Waals surface area contributed by atoms with Crippen molar-refractivity contribution in [2.45, 2.75) is 39.5 Å². The van der Waals surface area contributed by atoms with E-state index in [0.717, 1.165) is 0 Å². The maximum absolute atomic E-state index is 14.3. The zero-order chi connectivity index (χ0) is 17.9. The molecule has 0 aliphatic heterocycles. The molecule has 0 aromatic heterocycles. The van der Waals surface area contributed by atoms with Crippen molar-refractivity contribution in [1.29, 1.82) is 0 Å². The minimum atomic E-state index is -1.12. The number of halogens is 4. The Kier molecular flexibility index (Phi) is 5.86. The van der Waals surface area contributed by atoms with E-state index in [1.165, 1.54) is 31.2 Å². The van der Waals surface area contributed by atoms with Crippen LogP contribution in [-0.4, -0.2) is 6.61 Å². The van der Waals surface area contributed by atoms with E-state index in [9.17, 15) is 17.6 Å². The van der Waals surface area contributed by atoms with Gasteiger partial charge in [-0.2, -0.15) is 4.39 Å². The molecule has 0 amide bonds. The van der Waals surface area contributed by atoms with Gasteiger partial charge in [-0.05, 0) is 36.1 Å². The number of rotatable bonds is 6. The highest BCUT2D eigenvalue weighted by atomic mass is 19.2. The van der Waals surface area contributed by atoms with Crippen LogP contribution in [0, 0.1) is 23.3 Å². The molecule has 0 heterocycles. The molecule has 0 aliphatic carbocycles. The molecule has 2 aromatic rings. The molecule has 130 valence electrons. The fourth-order valence-electron chi connectivity index (χ4n) is 2.72. The van der Waals surface area contributed by atoms with Crippen LogP contribution in [0.4, 0.5) is 17.6 Å². The summed E-state index contributed by atoms with van der Waals surface area (Å²) in [5, 5.41) is 0. The van der Waals surface area contributed by atoms with Crippen LogP contribution in [0.15, 0.2) is 24.3 Å². The summed E-state index contributed by atoms with van der Waals surface area (Å²) in [6.45, 7) is 5.23. The van der Waals surface area contributed by atoms with Crippen LogP contribution in [0.25, 0.3) is 0 Å². The van der Waals surface area contributed by atoms with Crippen LogP contribution in [-0.2, 0) is 6.42 Å². The summed E-state index contributed by atoms with van der Waals surface area (Å²) in [6.07, 6.45) is 1.10. The van der Waals surface area contributed by atoms with Crippen molar-refractivity contribution >= 4 is 0 Å². The largest absolute Gasteiger partial charge is 0.491 e. The molecule has 0 fully saturated rings. The number of hydrogen-bond acceptors (Lipinski definition) is 1. The third kappa shape index (κ3) is 3.40. The van der Waals surface area contributed by atoms with Crippen LogP contribution in [0.1, 0.15) is 49.8 Å². The van der Waals surface area contributed by atoms with Crippen molar-refractivity contribution in [3.63, 3.8) is 0 Å². The van der Waals surface area contributed by atoms with Gasteiger partial charge in [0.15, 0.2) is 23.2 Å². The maximum Gasteiger partial charge on any atom is 0.200 e. The van der Waals surface area contributed by atoms with Crippen molar-refractivity contribution < 1.29 is 22.3 Å². The quantitative estimate of drug-likeness (QED) is 0.609. The molecule has 0 N–H and O–H groups in total. The maximum atomic E-state index is 14.3. The van der Waals surface area contributed by atoms with E-state index in [4.69, 9.17) is 4.74 Å². The highest BCUT2D eigenvalue weighted by molar-refractivity contribution is 5.39. The number of aryl methyl sites for hydroxylation is 1. The zero-order valence-corrected chi connectivity index (χ0v) is 13.9. The van der Waals surface area contributed by atoms with Crippen molar-refractivity contribution in [2.24, 2.45) is 0 Å². The molecule has 0 spiro atoms. The summed E-state index contributed by atoms with van der Waals surface area (Å²) in [7, 11) is 0. The van der Waals surface area contributed by atoms with Gasteiger partial charge in [0.1, 0.15) is 0 Å². The second kappa shape index (κ2) is 7.69. The normalized spacial score (nSPS) is 12.3. The van der Waals surface area contributed by atoms with Gasteiger partial charge >= 0.3 is 0 Å². The lowest BCUT2D eigenvalue weighted by Crippen LogP contribution is -2.08. The minimum Gasteiger partial charge on any atom is -0.491 e. The summed E-state index contributed by atoms with van der Waals surface area (Å²) in [5.41, 5.74) is 0.233. The average Bonchev–Trinajstić information content (AvgIpc) is 2.56. The van der Waals surface area contributed by atoms with Gasteiger partial charge in [-0.3, -0.25) is 0 Å². The highest BCUT2D eigenvalue weighted by Crippen LogP contribution is 2.33. The molecule has 1 atom stereocenters. The number of hydrogen-bond donors (Lipinski definition) is 0. The Morgan fingerprint density at radius 2 is 1.42 bits per heavy atom. The van der Waals surface area contributed by atoms with Gasteiger partial charge in [-0.1, -0.05) is 38.5 Å². The lowest BCUT2D eigenvalue weighted by atomic mass is 9.90. The summed E-state index contributed by atoms with van der Waals surface area (Å²) in [5.74, 6) is -5.19. The van der Waals surface area contributed by atoms with Gasteiger partial charge < -0.3 is 4.74 Å². The van der Waals surface area contributed by atoms with Crippen LogP contribution in [0.2, 0.25) is 0 Å². The Hall–Kier alpha value is -2.04. The molecule has 1 unspecified atom stereocenters. The fraction of sp³-hybridized carbons (Fsp3) is 0.368. The second-order valence-electron chi connectivity index (χ2n) is 5.63. The van der Waals surface area contributed by atoms with E-state index in [-0.39, 0.29) is 29.0 Å². The minimum absolute atomic E-state index is 0.00480. The average molecular weight is 340 g/mol. The summed E-state index contributed by atoms with van der Waals surface area (Å²) in [6, 6.07) is 5.57. The molecular formula is C19H20F4O. The molecule has 0 aliphatic rings. The first-order chi connectivity index (χ1) is 11.4. The molecule has 2 aromatic carbocycles. The van der Waals surface area contributed by atoms with Gasteiger partial charge in [0.05, 0.1) is 6.61 Å². The third-order valence-corrected chi connectivity index (χ3v) is 4.02. The van der Waals surface area contributed by atoms with Crippen molar-refractivity contribution in [2.75, 3.05) is 6.61 Å². The SMILES string of the molecule is CCCc1ccc(C(C)c2ccc(OCC)c(F)c2F)c(F)c1F. The standard InChI is InChI=1S/C19H20F4O/c1-4-6-12-7-8-13(17(21)16(12)20)11(3)14-9-10-15(24-5-2)19(23)18(14)22/h7-11H,4-6H2,1-3H3. The highest BCUT2D eigenvalue weighted by Gasteiger charge is 2.23. The van der Waals surface area contributed by atoms with Crippen LogP contribution in [0.5, 0.6) is 5.75 Å². The summed E-state index contributed by atoms with van der Waals surface area (Å²) >= 11 is 0. The van der Waals surface area contributed by atoms with Gasteiger partial charge in [0, 0.05) is 5.92 Å². The van der Waals surface area contributed by atoms with E-state index in [1.54, 1.807) is 6.92 Å². The van der Waals surface area contributed by atoms with E-state index in [0.29, 0.717) is 12.8 Å². The topological polar surface area (TPSA) is 9.23 Å². The number of ether oxygens (including phenoxy) is 1. The van der Waals surface area contributed by atoms with Crippen molar-refractivity contribution in [1.82, 2.24) is 0 Å². The third-order valence-electron chi connectivity index (χ3n) is 4.02. The molecule has 1 nitrogen and oxygen atoms in total. The predicted molar refractivity (Wildman–Crippen MR) is 85.4 cm³/mol. The molecule has 24 heavy (non-hydrogen) atoms. The Balaban J connectivity index is 2.44. The first-order valence-corrected chi connectivity index (χ1v) is 7.99. The van der Waals surface area contributed by atoms with Gasteiger partial charge in [-0.15, -0.1) is 0 Å². The van der Waals surface area contributed by atoms with E-state index in [1.807, 2.05) is 6.92 Å². The summed E-state index contributed by atoms with van der Waals surface area (Å²) < 4.78 is 61.7. The molecule has 2 rings (SSSR count). The molecule has 0 saturated heterocycles. The predicted octanol–water partition coefficient (Wildman–Crippen LogP) is 5.75. The first kappa shape index (κ1) is 18.3. The molecule has 5 heteroatoms. The smallest absolute Gasteiger partial charge is 0.200 e. The Bertz CT molecular complexity index is 666. The monoisotopic (exact) mass is 340 g/mol. The molecule has 0 bridgehead atoms. The van der Waals surface area contributed by atoms with Crippen molar-refractivity contribution in [3.8, 4) is 5.75 Å². The van der Waals surface area contributed by atoms with E-state index < -0.39 is 29.2 Å². The Morgan fingerprint density at radius 1 is 0.833 bits per heavy atom. The van der Waals surface area contributed by atoms with E-state index in [2.05, 4.69) is 0 Å². The number of benzene rings is 2. The first-order valence-electron chi connectivity index (χ1n) is 7.99. The van der Waals surface area contributed by atoms with Crippen molar-refractivity contribution in [3.05, 3.63) is 64.2 Å². The Labute approximate surface area is 139 Å². The van der Waals surface area contributed by atoms with Gasteiger partial charge in [-0.25, -0.2) is 13.2 Å². The zero-order valence-electron chi connectivity index (χ0n) is 13.9. The fourth-order valence-corrected chi connectivity index (χ4v) is 2.72. The molecule has 0 radical (unpaired) electrons. The van der Waals surface area contributed by atoms with Gasteiger partial charge in [0.2, 0.25) is 5.82 Å². The van der Waals surface area contributed by atoms with Crippen LogP contribution in [0.3, 0.4) is 0 Å². The molecule has 0 saturated carbocycles. The lowest BCUT2D eigenvalue weighted by Gasteiger charge is -2.17. The van der Waals surface area contributed by atoms with Crippen LogP contribution >= 0.6 is 0 Å². The van der Waals surface area contributed by atoms with Gasteiger partial charge in [0.25, 0.3) is 0 Å². The second-order valence-corrected chi connectivity index (χ2v) is 5.63. The Morgan fingerprint density at radius 3 is 2.00 bits per heavy atom. The molecular weight excluding hydrogens is 320 g/mol. The lowest BCUT2D eigenvalue weighted by molar-refractivity contribution is 0.313. The summed E-state index contributed by atoms with van der Waals surface area (Å²) in [4.78, 5) is 0. The van der Waals surface area contributed by atoms with Crippen LogP contribution < -0.4 is 4.74 Å².